The molecule has 0 spiro atoms. The molecule has 1 fully saturated rings. The van der Waals surface area contributed by atoms with E-state index in [0.29, 0.717) is 25.7 Å². The largest absolute Gasteiger partial charge is 0.491 e. The summed E-state index contributed by atoms with van der Waals surface area (Å²) >= 11 is 0. The third-order valence-corrected chi connectivity index (χ3v) is 5.56. The standard InChI is InChI=1S/C25H35F3O7/c1-16(2)35-23(32)11-6-4-3-5-10-20-21(30)13-22(31)24(20)34-15-18(29)14-33-19-9-7-8-17(12-19)25(26,27)28/h3,5,7-9,12,16,18,20-22,24,29-31H,4,6,10-11,13-15H2,1-2H3/b5-3-/t18-,20-,21-,22+,24+/m0/s1. The van der Waals surface area contributed by atoms with Gasteiger partial charge in [0.15, 0.2) is 0 Å². The van der Waals surface area contributed by atoms with Crippen LogP contribution in [0.1, 0.15) is 51.5 Å². The van der Waals surface area contributed by atoms with Crippen LogP contribution in [0.2, 0.25) is 0 Å². The molecule has 0 radical (unpaired) electrons. The Balaban J connectivity index is 1.76. The van der Waals surface area contributed by atoms with E-state index in [-0.39, 0.29) is 43.4 Å². The maximum atomic E-state index is 12.8. The first-order chi connectivity index (χ1) is 16.5. The Bertz CT molecular complexity index is 812. The summed E-state index contributed by atoms with van der Waals surface area (Å²) in [7, 11) is 0. The molecule has 0 saturated heterocycles. The van der Waals surface area contributed by atoms with Gasteiger partial charge in [0, 0.05) is 18.8 Å². The lowest BCUT2D eigenvalue weighted by molar-refractivity contribution is -0.147. The van der Waals surface area contributed by atoms with Crippen LogP contribution in [0.3, 0.4) is 0 Å². The Morgan fingerprint density at radius 3 is 2.60 bits per heavy atom. The Kier molecular flexibility index (Phi) is 11.5. The normalized spacial score (nSPS) is 23.7. The number of ether oxygens (including phenoxy) is 3. The average molecular weight is 505 g/mol. The Hall–Kier alpha value is -2.14. The monoisotopic (exact) mass is 504 g/mol. The third-order valence-electron chi connectivity index (χ3n) is 5.56. The number of alkyl halides is 3. The molecule has 1 aliphatic carbocycles. The van der Waals surface area contributed by atoms with Gasteiger partial charge in [-0.05, 0) is 51.3 Å². The predicted octanol–water partition coefficient (Wildman–Crippen LogP) is 3.64. The minimum atomic E-state index is -4.50. The molecule has 0 bridgehead atoms. The fraction of sp³-hybridized carbons (Fsp3) is 0.640. The second-order valence-electron chi connectivity index (χ2n) is 8.96. The van der Waals surface area contributed by atoms with E-state index < -0.39 is 36.2 Å². The molecular weight excluding hydrogens is 469 g/mol. The average Bonchev–Trinajstić information content (AvgIpc) is 3.04. The molecule has 7 nitrogen and oxygen atoms in total. The molecule has 10 heteroatoms. The first-order valence-electron chi connectivity index (χ1n) is 11.8. The minimum Gasteiger partial charge on any atom is -0.491 e. The second kappa shape index (κ2) is 13.8. The van der Waals surface area contributed by atoms with Gasteiger partial charge in [-0.3, -0.25) is 4.79 Å². The van der Waals surface area contributed by atoms with Gasteiger partial charge in [-0.2, -0.15) is 13.2 Å². The summed E-state index contributed by atoms with van der Waals surface area (Å²) < 4.78 is 54.4. The zero-order chi connectivity index (χ0) is 26.0. The molecule has 0 aliphatic heterocycles. The van der Waals surface area contributed by atoms with Crippen LogP contribution in [0.5, 0.6) is 5.75 Å². The van der Waals surface area contributed by atoms with Gasteiger partial charge in [0.05, 0.1) is 36.6 Å². The van der Waals surface area contributed by atoms with E-state index >= 15 is 0 Å². The highest BCUT2D eigenvalue weighted by Crippen LogP contribution is 2.33. The summed E-state index contributed by atoms with van der Waals surface area (Å²) in [5.74, 6) is -0.661. The zero-order valence-electron chi connectivity index (χ0n) is 20.0. The van der Waals surface area contributed by atoms with Crippen molar-refractivity contribution in [2.24, 2.45) is 5.92 Å². The predicted molar refractivity (Wildman–Crippen MR) is 122 cm³/mol. The number of allylic oxidation sites excluding steroid dienone is 2. The van der Waals surface area contributed by atoms with Crippen molar-refractivity contribution < 1.29 is 47.5 Å². The van der Waals surface area contributed by atoms with Crippen LogP contribution >= 0.6 is 0 Å². The maximum Gasteiger partial charge on any atom is 0.416 e. The van der Waals surface area contributed by atoms with Gasteiger partial charge >= 0.3 is 12.1 Å². The Morgan fingerprint density at radius 2 is 1.91 bits per heavy atom. The van der Waals surface area contributed by atoms with Crippen molar-refractivity contribution in [1.29, 1.82) is 0 Å². The fourth-order valence-electron chi connectivity index (χ4n) is 3.87. The summed E-state index contributed by atoms with van der Waals surface area (Å²) in [6.45, 7) is 3.07. The van der Waals surface area contributed by atoms with Gasteiger partial charge in [0.25, 0.3) is 0 Å². The van der Waals surface area contributed by atoms with Crippen LogP contribution in [-0.4, -0.2) is 65.0 Å². The summed E-state index contributed by atoms with van der Waals surface area (Å²) in [4.78, 5) is 11.5. The van der Waals surface area contributed by atoms with E-state index in [1.54, 1.807) is 13.8 Å². The number of halogens is 3. The van der Waals surface area contributed by atoms with Crippen molar-refractivity contribution in [1.82, 2.24) is 0 Å². The lowest BCUT2D eigenvalue weighted by Gasteiger charge is -2.24. The molecule has 2 rings (SSSR count). The number of esters is 1. The van der Waals surface area contributed by atoms with Crippen molar-refractivity contribution in [3.05, 3.63) is 42.0 Å². The topological polar surface area (TPSA) is 105 Å². The number of aliphatic hydroxyl groups is 3. The lowest BCUT2D eigenvalue weighted by Crippen LogP contribution is -2.35. The van der Waals surface area contributed by atoms with Gasteiger partial charge in [-0.15, -0.1) is 0 Å². The maximum absolute atomic E-state index is 12.8. The first-order valence-corrected chi connectivity index (χ1v) is 11.8. The zero-order valence-corrected chi connectivity index (χ0v) is 20.0. The van der Waals surface area contributed by atoms with E-state index in [9.17, 15) is 33.3 Å². The van der Waals surface area contributed by atoms with Crippen molar-refractivity contribution in [2.75, 3.05) is 13.2 Å². The number of rotatable bonds is 13. The first kappa shape index (κ1) is 29.1. The molecule has 3 N–H and O–H groups in total. The molecule has 0 unspecified atom stereocenters. The summed E-state index contributed by atoms with van der Waals surface area (Å²) in [6.07, 6.45) is -2.22. The van der Waals surface area contributed by atoms with E-state index in [4.69, 9.17) is 14.2 Å². The number of hydrogen-bond acceptors (Lipinski definition) is 7. The molecule has 1 saturated carbocycles. The Morgan fingerprint density at radius 1 is 1.17 bits per heavy atom. The van der Waals surface area contributed by atoms with Crippen LogP contribution < -0.4 is 4.74 Å². The number of benzene rings is 1. The Labute approximate surface area is 203 Å². The fourth-order valence-corrected chi connectivity index (χ4v) is 3.87. The van der Waals surface area contributed by atoms with E-state index in [1.807, 2.05) is 12.2 Å². The van der Waals surface area contributed by atoms with E-state index in [2.05, 4.69) is 0 Å². The third kappa shape index (κ3) is 10.2. The number of hydrogen-bond donors (Lipinski definition) is 3. The van der Waals surface area contributed by atoms with Gasteiger partial charge < -0.3 is 29.5 Å². The molecule has 35 heavy (non-hydrogen) atoms. The van der Waals surface area contributed by atoms with Gasteiger partial charge in [-0.25, -0.2) is 0 Å². The molecular formula is C25H35F3O7. The van der Waals surface area contributed by atoms with E-state index in [0.717, 1.165) is 12.1 Å². The quantitative estimate of drug-likeness (QED) is 0.214. The van der Waals surface area contributed by atoms with Crippen LogP contribution in [0.25, 0.3) is 0 Å². The number of unbranched alkanes of at least 4 members (excludes halogenated alkanes) is 1. The summed E-state index contributed by atoms with van der Waals surface area (Å²) in [5, 5.41) is 30.7. The molecule has 0 heterocycles. The summed E-state index contributed by atoms with van der Waals surface area (Å²) in [5.41, 5.74) is -0.852. The van der Waals surface area contributed by atoms with Crippen molar-refractivity contribution >= 4 is 5.97 Å². The molecule has 1 aromatic rings. The highest BCUT2D eigenvalue weighted by molar-refractivity contribution is 5.69. The number of carbonyl (C=O) groups is 1. The SMILES string of the molecule is CC(C)OC(=O)CCC/C=C\C[C@@H]1[C@@H](OC[C@@H](O)COc2cccc(C(F)(F)F)c2)[C@H](O)C[C@@H]1O. The minimum absolute atomic E-state index is 0.0318. The molecule has 1 aromatic carbocycles. The van der Waals surface area contributed by atoms with Crippen LogP contribution in [-0.2, 0) is 20.4 Å². The molecule has 0 amide bonds. The summed E-state index contributed by atoms with van der Waals surface area (Å²) in [6, 6.07) is 4.34. The van der Waals surface area contributed by atoms with Crippen molar-refractivity contribution in [2.45, 2.75) is 82.6 Å². The van der Waals surface area contributed by atoms with E-state index in [1.165, 1.54) is 12.1 Å². The van der Waals surface area contributed by atoms with Crippen LogP contribution in [0.15, 0.2) is 36.4 Å². The van der Waals surface area contributed by atoms with Gasteiger partial charge in [0.2, 0.25) is 0 Å². The van der Waals surface area contributed by atoms with Crippen molar-refractivity contribution in [3.63, 3.8) is 0 Å². The number of aliphatic hydroxyl groups excluding tert-OH is 3. The van der Waals surface area contributed by atoms with Crippen LogP contribution in [0.4, 0.5) is 13.2 Å². The second-order valence-corrected chi connectivity index (χ2v) is 8.96. The lowest BCUT2D eigenvalue weighted by atomic mass is 9.98. The molecule has 5 atom stereocenters. The van der Waals surface area contributed by atoms with Crippen LogP contribution in [0, 0.1) is 5.92 Å². The molecule has 198 valence electrons. The van der Waals surface area contributed by atoms with Gasteiger partial charge in [-0.1, -0.05) is 18.2 Å². The van der Waals surface area contributed by atoms with Gasteiger partial charge in [0.1, 0.15) is 18.5 Å². The molecule has 1 aliphatic rings. The highest BCUT2D eigenvalue weighted by Gasteiger charge is 2.42. The number of carbonyl (C=O) groups excluding carboxylic acids is 1. The smallest absolute Gasteiger partial charge is 0.416 e. The highest BCUT2D eigenvalue weighted by atomic mass is 19.4. The molecule has 0 aromatic heterocycles. The van der Waals surface area contributed by atoms with Crippen molar-refractivity contribution in [3.8, 4) is 5.75 Å².